The average molecular weight is 567 g/mol. The third kappa shape index (κ3) is 4.63. The Labute approximate surface area is 234 Å². The van der Waals surface area contributed by atoms with Gasteiger partial charge in [-0.05, 0) is 62.9 Å². The van der Waals surface area contributed by atoms with Crippen LogP contribution >= 0.6 is 23.2 Å². The molecule has 2 aliphatic rings. The van der Waals surface area contributed by atoms with Crippen molar-refractivity contribution in [3.8, 4) is 0 Å². The number of H-pyrrole nitrogens is 1. The van der Waals surface area contributed by atoms with Gasteiger partial charge in [0.1, 0.15) is 11.4 Å². The second-order valence-corrected chi connectivity index (χ2v) is 12.0. The number of ether oxygens (including phenoxy) is 1. The van der Waals surface area contributed by atoms with E-state index in [0.717, 1.165) is 12.0 Å². The van der Waals surface area contributed by atoms with Crippen LogP contribution in [0.2, 0.25) is 10.0 Å². The number of halogens is 2. The van der Waals surface area contributed by atoms with Gasteiger partial charge >= 0.3 is 6.09 Å². The number of nitrogens with one attached hydrogen (secondary N) is 2. The highest BCUT2D eigenvalue weighted by atomic mass is 35.5. The normalized spacial score (nSPS) is 19.0. The van der Waals surface area contributed by atoms with Crippen molar-refractivity contribution in [2.75, 3.05) is 18.4 Å². The monoisotopic (exact) mass is 566 g/mol. The van der Waals surface area contributed by atoms with E-state index in [1.165, 1.54) is 0 Å². The molecule has 1 aliphatic heterocycles. The summed E-state index contributed by atoms with van der Waals surface area (Å²) >= 11 is 12.7. The van der Waals surface area contributed by atoms with E-state index in [1.54, 1.807) is 27.7 Å². The third-order valence-corrected chi connectivity index (χ3v) is 7.88. The maximum atomic E-state index is 13.4. The van der Waals surface area contributed by atoms with E-state index in [2.05, 4.69) is 21.4 Å². The van der Waals surface area contributed by atoms with E-state index in [0.29, 0.717) is 62.5 Å². The largest absolute Gasteiger partial charge is 0.444 e. The van der Waals surface area contributed by atoms with Crippen LogP contribution < -0.4 is 10.9 Å². The Balaban J connectivity index is 1.31. The highest BCUT2D eigenvalue weighted by molar-refractivity contribution is 6.39. The number of imidazole rings is 1. The van der Waals surface area contributed by atoms with Crippen molar-refractivity contribution >= 4 is 68.4 Å². The number of hydrogen-bond acceptors (Lipinski definition) is 6. The molecule has 39 heavy (non-hydrogen) atoms. The maximum Gasteiger partial charge on any atom is 0.410 e. The van der Waals surface area contributed by atoms with Gasteiger partial charge in [-0.2, -0.15) is 0 Å². The summed E-state index contributed by atoms with van der Waals surface area (Å²) in [6.45, 7) is 6.83. The van der Waals surface area contributed by atoms with E-state index in [-0.39, 0.29) is 23.5 Å². The number of aryl methyl sites for hydroxylation is 1. The van der Waals surface area contributed by atoms with Gasteiger partial charge in [0.05, 0.1) is 37.7 Å². The van der Waals surface area contributed by atoms with Crippen molar-refractivity contribution in [2.24, 2.45) is 18.9 Å². The standard InChI is InChI=1S/C28H28Cl2N6O3/c1-28(2,3)39-27(38)36-12-15-10-14(11-16(15)13-36)24-31-19-8-9-20-23(21(19)25(37)34-24)35(4)26(32-20)33-22-17(29)6-5-7-18(22)30/h5-10,15-16H,11-13H2,1-4H3,(H,32,33)(H,31,34,37). The lowest BCUT2D eigenvalue weighted by Crippen LogP contribution is -2.35. The second-order valence-electron chi connectivity index (χ2n) is 11.2. The molecule has 1 saturated heterocycles. The summed E-state index contributed by atoms with van der Waals surface area (Å²) in [5.41, 5.74) is 2.66. The first-order valence-electron chi connectivity index (χ1n) is 12.8. The molecule has 2 unspecified atom stereocenters. The zero-order chi connectivity index (χ0) is 27.6. The molecule has 0 saturated carbocycles. The number of rotatable bonds is 3. The fraction of sp³-hybridized carbons (Fsp3) is 0.357. The molecule has 6 rings (SSSR count). The van der Waals surface area contributed by atoms with Crippen LogP contribution in [0.25, 0.3) is 27.5 Å². The van der Waals surface area contributed by atoms with Crippen LogP contribution in [-0.4, -0.2) is 49.2 Å². The molecule has 1 aliphatic carbocycles. The molecule has 202 valence electrons. The Kier molecular flexibility index (Phi) is 6.11. The van der Waals surface area contributed by atoms with Crippen molar-refractivity contribution in [2.45, 2.75) is 32.8 Å². The minimum atomic E-state index is -0.526. The molecular formula is C28H28Cl2N6O3. The average Bonchev–Trinajstić information content (AvgIpc) is 3.52. The molecular weight excluding hydrogens is 539 g/mol. The van der Waals surface area contributed by atoms with Crippen LogP contribution in [0.3, 0.4) is 0 Å². The predicted molar refractivity (Wildman–Crippen MR) is 154 cm³/mol. The van der Waals surface area contributed by atoms with Crippen molar-refractivity contribution < 1.29 is 9.53 Å². The molecule has 0 radical (unpaired) electrons. The number of aromatic nitrogens is 4. The number of allylic oxidation sites excluding steroid dienone is 1. The minimum Gasteiger partial charge on any atom is -0.444 e. The number of carbonyl (C=O) groups is 1. The van der Waals surface area contributed by atoms with Crippen molar-refractivity contribution in [3.63, 3.8) is 0 Å². The molecule has 0 bridgehead atoms. The van der Waals surface area contributed by atoms with Gasteiger partial charge < -0.3 is 24.5 Å². The van der Waals surface area contributed by atoms with E-state index < -0.39 is 5.60 Å². The number of para-hydroxylation sites is 1. The van der Waals surface area contributed by atoms with E-state index >= 15 is 0 Å². The quantitative estimate of drug-likeness (QED) is 0.309. The van der Waals surface area contributed by atoms with Crippen LogP contribution in [0, 0.1) is 11.8 Å². The number of fused-ring (bicyclic) bond motifs is 4. The Morgan fingerprint density at radius 2 is 1.82 bits per heavy atom. The lowest BCUT2D eigenvalue weighted by atomic mass is 10.00. The molecule has 0 spiro atoms. The Hall–Kier alpha value is -3.56. The molecule has 2 atom stereocenters. The van der Waals surface area contributed by atoms with E-state index in [4.69, 9.17) is 32.9 Å². The number of anilines is 2. The topological polar surface area (TPSA) is 105 Å². The summed E-state index contributed by atoms with van der Waals surface area (Å²) in [4.78, 5) is 40.2. The molecule has 2 aromatic carbocycles. The summed E-state index contributed by atoms with van der Waals surface area (Å²) in [7, 11) is 1.83. The van der Waals surface area contributed by atoms with Gasteiger partial charge in [-0.3, -0.25) is 4.79 Å². The van der Waals surface area contributed by atoms with Gasteiger partial charge in [0.25, 0.3) is 5.56 Å². The zero-order valence-corrected chi connectivity index (χ0v) is 23.5. The summed E-state index contributed by atoms with van der Waals surface area (Å²) in [6.07, 6.45) is 2.59. The van der Waals surface area contributed by atoms with Gasteiger partial charge in [-0.15, -0.1) is 0 Å². The first-order valence-corrected chi connectivity index (χ1v) is 13.5. The van der Waals surface area contributed by atoms with Gasteiger partial charge in [0, 0.05) is 26.1 Å². The summed E-state index contributed by atoms with van der Waals surface area (Å²) in [5, 5.41) is 4.58. The van der Waals surface area contributed by atoms with E-state index in [1.807, 2.05) is 40.0 Å². The highest BCUT2D eigenvalue weighted by Gasteiger charge is 2.40. The Bertz CT molecular complexity index is 1720. The lowest BCUT2D eigenvalue weighted by molar-refractivity contribution is 0.0285. The first-order chi connectivity index (χ1) is 18.5. The molecule has 2 aromatic heterocycles. The lowest BCUT2D eigenvalue weighted by Gasteiger charge is -2.24. The van der Waals surface area contributed by atoms with Gasteiger partial charge in [-0.1, -0.05) is 35.3 Å². The minimum absolute atomic E-state index is 0.207. The first kappa shape index (κ1) is 25.7. The molecule has 1 fully saturated rings. The van der Waals surface area contributed by atoms with Crippen molar-refractivity contribution in [1.29, 1.82) is 0 Å². The SMILES string of the molecule is Cn1c(Nc2c(Cl)cccc2Cl)nc2ccc3nc(C4=CC5CN(C(=O)OC(C)(C)C)CC5C4)[nH]c(=O)c3c21. The van der Waals surface area contributed by atoms with Crippen LogP contribution in [-0.2, 0) is 11.8 Å². The molecule has 1 amide bonds. The molecule has 9 nitrogen and oxygen atoms in total. The number of likely N-dealkylation sites (tertiary alicyclic amines) is 1. The molecule has 2 N–H and O–H groups in total. The summed E-state index contributed by atoms with van der Waals surface area (Å²) in [6, 6.07) is 8.92. The number of amides is 1. The van der Waals surface area contributed by atoms with Gasteiger partial charge in [0.2, 0.25) is 5.95 Å². The number of benzene rings is 2. The van der Waals surface area contributed by atoms with Crippen LogP contribution in [0.1, 0.15) is 33.0 Å². The number of nitrogens with zero attached hydrogens (tertiary/aromatic N) is 4. The number of aromatic amines is 1. The zero-order valence-electron chi connectivity index (χ0n) is 22.0. The van der Waals surface area contributed by atoms with Crippen LogP contribution in [0.4, 0.5) is 16.4 Å². The molecule has 4 aromatic rings. The molecule has 3 heterocycles. The Morgan fingerprint density at radius 3 is 2.51 bits per heavy atom. The van der Waals surface area contributed by atoms with Gasteiger partial charge in [0.15, 0.2) is 0 Å². The summed E-state index contributed by atoms with van der Waals surface area (Å²) in [5.74, 6) is 1.54. The smallest absolute Gasteiger partial charge is 0.410 e. The fourth-order valence-electron chi connectivity index (χ4n) is 5.48. The van der Waals surface area contributed by atoms with Crippen LogP contribution in [0.5, 0.6) is 0 Å². The Morgan fingerprint density at radius 1 is 1.10 bits per heavy atom. The summed E-state index contributed by atoms with van der Waals surface area (Å²) < 4.78 is 7.34. The van der Waals surface area contributed by atoms with Crippen molar-refractivity contribution in [1.82, 2.24) is 24.4 Å². The van der Waals surface area contributed by atoms with E-state index in [9.17, 15) is 9.59 Å². The number of carbonyl (C=O) groups excluding carboxylic acids is 1. The number of hydrogen-bond donors (Lipinski definition) is 2. The van der Waals surface area contributed by atoms with Gasteiger partial charge in [-0.25, -0.2) is 14.8 Å². The second kappa shape index (κ2) is 9.27. The maximum absolute atomic E-state index is 13.4. The highest BCUT2D eigenvalue weighted by Crippen LogP contribution is 2.41. The fourth-order valence-corrected chi connectivity index (χ4v) is 5.98. The molecule has 11 heteroatoms. The predicted octanol–water partition coefficient (Wildman–Crippen LogP) is 6.13. The third-order valence-electron chi connectivity index (χ3n) is 7.25. The van der Waals surface area contributed by atoms with Crippen LogP contribution in [0.15, 0.2) is 41.2 Å². The van der Waals surface area contributed by atoms with Crippen molar-refractivity contribution in [3.05, 3.63) is 62.6 Å².